The Morgan fingerprint density at radius 1 is 1.28 bits per heavy atom. The SMILES string of the molecule is Cc1nnc([C@@H]2CN(C(=O)[C@@H](C)N3CCc4ccccc43)CCO2)o1. The fraction of sp³-hybridized carbons (Fsp3) is 0.500. The number of rotatable bonds is 3. The topological polar surface area (TPSA) is 71.7 Å². The van der Waals surface area contributed by atoms with Gasteiger partial charge in [-0.15, -0.1) is 10.2 Å². The molecule has 0 bridgehead atoms. The monoisotopic (exact) mass is 342 g/mol. The lowest BCUT2D eigenvalue weighted by Gasteiger charge is -2.36. The zero-order chi connectivity index (χ0) is 17.4. The summed E-state index contributed by atoms with van der Waals surface area (Å²) < 4.78 is 11.2. The largest absolute Gasteiger partial charge is 0.423 e. The van der Waals surface area contributed by atoms with Crippen molar-refractivity contribution in [1.29, 1.82) is 0 Å². The molecule has 0 radical (unpaired) electrons. The molecule has 2 aliphatic rings. The first kappa shape index (κ1) is 16.1. The van der Waals surface area contributed by atoms with Crippen molar-refractivity contribution in [2.24, 2.45) is 0 Å². The van der Waals surface area contributed by atoms with Gasteiger partial charge in [-0.25, -0.2) is 0 Å². The van der Waals surface area contributed by atoms with E-state index in [-0.39, 0.29) is 18.1 Å². The Hall–Kier alpha value is -2.41. The fourth-order valence-corrected chi connectivity index (χ4v) is 3.60. The Bertz CT molecular complexity index is 775. The van der Waals surface area contributed by atoms with E-state index in [1.165, 1.54) is 11.3 Å². The number of morpholine rings is 1. The van der Waals surface area contributed by atoms with Crippen LogP contribution in [0, 0.1) is 6.92 Å². The summed E-state index contributed by atoms with van der Waals surface area (Å²) in [6, 6.07) is 8.10. The predicted molar refractivity (Wildman–Crippen MR) is 91.3 cm³/mol. The molecule has 1 fully saturated rings. The molecule has 1 saturated heterocycles. The van der Waals surface area contributed by atoms with Crippen LogP contribution in [0.3, 0.4) is 0 Å². The number of hydrogen-bond acceptors (Lipinski definition) is 6. The second-order valence-corrected chi connectivity index (χ2v) is 6.55. The maximum absolute atomic E-state index is 13.0. The third-order valence-corrected chi connectivity index (χ3v) is 4.94. The summed E-state index contributed by atoms with van der Waals surface area (Å²) >= 11 is 0. The number of aryl methyl sites for hydroxylation is 1. The highest BCUT2D eigenvalue weighted by atomic mass is 16.5. The second kappa shape index (κ2) is 6.48. The van der Waals surface area contributed by atoms with Gasteiger partial charge in [0.1, 0.15) is 6.04 Å². The first-order valence-electron chi connectivity index (χ1n) is 8.68. The Balaban J connectivity index is 1.47. The van der Waals surface area contributed by atoms with Gasteiger partial charge in [-0.2, -0.15) is 0 Å². The van der Waals surface area contributed by atoms with Crippen molar-refractivity contribution < 1.29 is 13.9 Å². The molecule has 1 aromatic heterocycles. The maximum Gasteiger partial charge on any atom is 0.246 e. The van der Waals surface area contributed by atoms with Gasteiger partial charge in [0.05, 0.1) is 13.2 Å². The average Bonchev–Trinajstić information content (AvgIpc) is 3.27. The van der Waals surface area contributed by atoms with Crippen molar-refractivity contribution in [2.45, 2.75) is 32.4 Å². The van der Waals surface area contributed by atoms with Crippen LogP contribution >= 0.6 is 0 Å². The van der Waals surface area contributed by atoms with Crippen LogP contribution in [-0.2, 0) is 16.0 Å². The molecule has 0 N–H and O–H groups in total. The highest BCUT2D eigenvalue weighted by Crippen LogP contribution is 2.30. The quantitative estimate of drug-likeness (QED) is 0.846. The van der Waals surface area contributed by atoms with Gasteiger partial charge < -0.3 is 19.0 Å². The minimum atomic E-state index is -0.350. The van der Waals surface area contributed by atoms with Gasteiger partial charge in [0, 0.05) is 25.7 Å². The van der Waals surface area contributed by atoms with Gasteiger partial charge in [0.2, 0.25) is 17.7 Å². The maximum atomic E-state index is 13.0. The third kappa shape index (κ3) is 3.00. The smallest absolute Gasteiger partial charge is 0.246 e. The van der Waals surface area contributed by atoms with Gasteiger partial charge in [0.15, 0.2) is 6.10 Å². The van der Waals surface area contributed by atoms with E-state index in [2.05, 4.69) is 27.2 Å². The van der Waals surface area contributed by atoms with Crippen molar-refractivity contribution in [1.82, 2.24) is 15.1 Å². The summed E-state index contributed by atoms with van der Waals surface area (Å²) in [6.07, 6.45) is 0.637. The third-order valence-electron chi connectivity index (χ3n) is 4.94. The second-order valence-electron chi connectivity index (χ2n) is 6.55. The lowest BCUT2D eigenvalue weighted by atomic mass is 10.1. The first-order valence-corrected chi connectivity index (χ1v) is 8.68. The van der Waals surface area contributed by atoms with Crippen LogP contribution < -0.4 is 4.90 Å². The summed E-state index contributed by atoms with van der Waals surface area (Å²) in [5.41, 5.74) is 2.48. The number of carbonyl (C=O) groups is 1. The molecular formula is C18H22N4O3. The van der Waals surface area contributed by atoms with E-state index in [4.69, 9.17) is 9.15 Å². The van der Waals surface area contributed by atoms with Crippen molar-refractivity contribution in [3.05, 3.63) is 41.6 Å². The lowest BCUT2D eigenvalue weighted by molar-refractivity contribution is -0.141. The van der Waals surface area contributed by atoms with E-state index in [1.54, 1.807) is 6.92 Å². The highest BCUT2D eigenvalue weighted by molar-refractivity contribution is 5.86. The van der Waals surface area contributed by atoms with Crippen LogP contribution in [0.5, 0.6) is 0 Å². The van der Waals surface area contributed by atoms with Crippen molar-refractivity contribution in [3.63, 3.8) is 0 Å². The molecule has 132 valence electrons. The summed E-state index contributed by atoms with van der Waals surface area (Å²) in [5, 5.41) is 7.87. The van der Waals surface area contributed by atoms with E-state index < -0.39 is 0 Å². The lowest BCUT2D eigenvalue weighted by Crippen LogP contribution is -2.51. The molecule has 2 aromatic rings. The standard InChI is InChI=1S/C18H22N4O3/c1-12(22-8-7-14-5-3-4-6-15(14)22)18(23)21-9-10-24-16(11-21)17-20-19-13(2)25-17/h3-6,12,16H,7-11H2,1-2H3/t12-,16+/m1/s1. The first-order chi connectivity index (χ1) is 12.1. The molecular weight excluding hydrogens is 320 g/mol. The molecule has 3 heterocycles. The molecule has 0 aliphatic carbocycles. The zero-order valence-electron chi connectivity index (χ0n) is 14.5. The summed E-state index contributed by atoms with van der Waals surface area (Å²) in [7, 11) is 0. The van der Waals surface area contributed by atoms with Crippen LogP contribution in [0.25, 0.3) is 0 Å². The molecule has 4 rings (SSSR count). The van der Waals surface area contributed by atoms with E-state index in [9.17, 15) is 4.79 Å². The van der Waals surface area contributed by atoms with E-state index in [0.717, 1.165) is 13.0 Å². The van der Waals surface area contributed by atoms with Crippen molar-refractivity contribution in [2.75, 3.05) is 31.1 Å². The van der Waals surface area contributed by atoms with Crippen molar-refractivity contribution in [3.8, 4) is 0 Å². The average molecular weight is 342 g/mol. The Morgan fingerprint density at radius 2 is 2.12 bits per heavy atom. The number of ether oxygens (including phenoxy) is 1. The van der Waals surface area contributed by atoms with E-state index >= 15 is 0 Å². The number of aromatic nitrogens is 2. The van der Waals surface area contributed by atoms with Crippen molar-refractivity contribution >= 4 is 11.6 Å². The van der Waals surface area contributed by atoms with Crippen LogP contribution in [0.1, 0.15) is 30.4 Å². The number of nitrogens with zero attached hydrogens (tertiary/aromatic N) is 4. The van der Waals surface area contributed by atoms with Gasteiger partial charge in [-0.05, 0) is 25.0 Å². The molecule has 2 aliphatic heterocycles. The zero-order valence-corrected chi connectivity index (χ0v) is 14.5. The number of benzene rings is 1. The Kier molecular flexibility index (Phi) is 4.17. The fourth-order valence-electron chi connectivity index (χ4n) is 3.60. The Labute approximate surface area is 146 Å². The molecule has 7 nitrogen and oxygen atoms in total. The van der Waals surface area contributed by atoms with Crippen LogP contribution in [0.15, 0.2) is 28.7 Å². The van der Waals surface area contributed by atoms with Gasteiger partial charge in [-0.3, -0.25) is 4.79 Å². The van der Waals surface area contributed by atoms with Gasteiger partial charge in [0.25, 0.3) is 0 Å². The van der Waals surface area contributed by atoms with E-state index in [0.29, 0.717) is 31.5 Å². The minimum Gasteiger partial charge on any atom is -0.423 e. The molecule has 0 unspecified atom stereocenters. The van der Waals surface area contributed by atoms with E-state index in [1.807, 2.05) is 24.0 Å². The van der Waals surface area contributed by atoms with Gasteiger partial charge in [-0.1, -0.05) is 18.2 Å². The summed E-state index contributed by atoms with van der Waals surface area (Å²) in [6.45, 7) is 6.10. The van der Waals surface area contributed by atoms with Gasteiger partial charge >= 0.3 is 0 Å². The number of para-hydroxylation sites is 1. The molecule has 1 aromatic carbocycles. The number of anilines is 1. The number of carbonyl (C=O) groups excluding carboxylic acids is 1. The van der Waals surface area contributed by atoms with Crippen LogP contribution in [0.2, 0.25) is 0 Å². The molecule has 2 atom stereocenters. The molecule has 7 heteroatoms. The summed E-state index contributed by atoms with van der Waals surface area (Å²) in [5.74, 6) is 1.06. The molecule has 25 heavy (non-hydrogen) atoms. The minimum absolute atomic E-state index is 0.112. The molecule has 0 spiro atoms. The number of amides is 1. The van der Waals surface area contributed by atoms with Crippen LogP contribution in [0.4, 0.5) is 5.69 Å². The predicted octanol–water partition coefficient (Wildman–Crippen LogP) is 1.73. The number of fused-ring (bicyclic) bond motifs is 1. The summed E-state index contributed by atoms with van der Waals surface area (Å²) in [4.78, 5) is 17.1. The van der Waals surface area contributed by atoms with Crippen LogP contribution in [-0.4, -0.2) is 53.3 Å². The highest BCUT2D eigenvalue weighted by Gasteiger charge is 2.34. The Morgan fingerprint density at radius 3 is 2.92 bits per heavy atom. The normalized spacial score (nSPS) is 21.3. The molecule has 0 saturated carbocycles. The molecule has 1 amide bonds. The number of hydrogen-bond donors (Lipinski definition) is 0.